The molecule has 2 saturated carbocycles. The second kappa shape index (κ2) is 3.77. The minimum absolute atomic E-state index is 0.153. The molecule has 2 aliphatic carbocycles. The van der Waals surface area contributed by atoms with E-state index in [9.17, 15) is 4.79 Å². The van der Waals surface area contributed by atoms with Crippen LogP contribution in [0, 0.1) is 5.92 Å². The van der Waals surface area contributed by atoms with Crippen molar-refractivity contribution < 1.29 is 4.79 Å². The number of carbonyl (C=O) groups is 1. The van der Waals surface area contributed by atoms with E-state index < -0.39 is 0 Å². The summed E-state index contributed by atoms with van der Waals surface area (Å²) >= 11 is 6.12. The van der Waals surface area contributed by atoms with Gasteiger partial charge in [-0.25, -0.2) is 0 Å². The van der Waals surface area contributed by atoms with E-state index in [1.54, 1.807) is 0 Å². The molecule has 0 saturated heterocycles. The lowest BCUT2D eigenvalue weighted by Crippen LogP contribution is -2.27. The van der Waals surface area contributed by atoms with Gasteiger partial charge in [-0.3, -0.25) is 4.79 Å². The average Bonchev–Trinajstić information content (AvgIpc) is 3.12. The number of hydrogen-bond acceptors (Lipinski definition) is 1. The van der Waals surface area contributed by atoms with Crippen LogP contribution in [0.5, 0.6) is 0 Å². The molecular formula is C13H14ClNO. The van der Waals surface area contributed by atoms with Crippen molar-refractivity contribution in [2.45, 2.75) is 31.2 Å². The van der Waals surface area contributed by atoms with Crippen LogP contribution in [0.3, 0.4) is 0 Å². The third kappa shape index (κ3) is 1.94. The van der Waals surface area contributed by atoms with E-state index in [2.05, 4.69) is 5.32 Å². The average molecular weight is 236 g/mol. The maximum Gasteiger partial charge on any atom is 0.223 e. The fraction of sp³-hybridized carbons (Fsp3) is 0.462. The summed E-state index contributed by atoms with van der Waals surface area (Å²) in [6, 6.07) is 8.28. The van der Waals surface area contributed by atoms with Gasteiger partial charge in [-0.15, -0.1) is 0 Å². The molecule has 0 aliphatic heterocycles. The van der Waals surface area contributed by atoms with Crippen molar-refractivity contribution >= 4 is 17.5 Å². The van der Waals surface area contributed by atoms with Crippen LogP contribution >= 0.6 is 11.6 Å². The zero-order chi connectivity index (χ0) is 11.1. The summed E-state index contributed by atoms with van der Waals surface area (Å²) in [5.74, 6) is 0.709. The highest BCUT2D eigenvalue weighted by Crippen LogP contribution is 2.49. The van der Waals surface area contributed by atoms with Gasteiger partial charge >= 0.3 is 0 Å². The van der Waals surface area contributed by atoms with Crippen LogP contribution in [0.4, 0.5) is 0 Å². The Morgan fingerprint density at radius 1 is 1.31 bits per heavy atom. The third-order valence-corrected chi connectivity index (χ3v) is 3.70. The van der Waals surface area contributed by atoms with Crippen molar-refractivity contribution in [1.82, 2.24) is 5.32 Å². The molecule has 84 valence electrons. The van der Waals surface area contributed by atoms with Crippen molar-refractivity contribution in [3.8, 4) is 0 Å². The van der Waals surface area contributed by atoms with E-state index in [4.69, 9.17) is 11.6 Å². The first-order valence-electron chi connectivity index (χ1n) is 5.80. The fourth-order valence-corrected chi connectivity index (χ4v) is 2.42. The molecule has 0 bridgehead atoms. The van der Waals surface area contributed by atoms with Gasteiger partial charge in [-0.2, -0.15) is 0 Å². The van der Waals surface area contributed by atoms with Crippen molar-refractivity contribution in [1.29, 1.82) is 0 Å². The third-order valence-electron chi connectivity index (χ3n) is 3.36. The first kappa shape index (κ1) is 10.2. The standard InChI is InChI=1S/C13H14ClNO/c14-12-4-2-1-3-9(12)10-7-11(10)13(16)15-8-5-6-8/h1-4,8,10-11H,5-7H2,(H,15,16). The molecule has 2 unspecified atom stereocenters. The van der Waals surface area contributed by atoms with Gasteiger partial charge in [0.1, 0.15) is 0 Å². The number of hydrogen-bond donors (Lipinski definition) is 1. The van der Waals surface area contributed by atoms with Gasteiger partial charge in [0, 0.05) is 17.0 Å². The van der Waals surface area contributed by atoms with Crippen molar-refractivity contribution in [2.24, 2.45) is 5.92 Å². The van der Waals surface area contributed by atoms with Crippen LogP contribution in [-0.2, 0) is 4.79 Å². The number of rotatable bonds is 3. The molecule has 1 N–H and O–H groups in total. The monoisotopic (exact) mass is 235 g/mol. The van der Waals surface area contributed by atoms with Gasteiger partial charge in [0.2, 0.25) is 5.91 Å². The number of carbonyl (C=O) groups excluding carboxylic acids is 1. The molecule has 2 aliphatic rings. The largest absolute Gasteiger partial charge is 0.353 e. The van der Waals surface area contributed by atoms with Gasteiger partial charge in [-0.05, 0) is 36.8 Å². The molecule has 0 heterocycles. The molecule has 2 nitrogen and oxygen atoms in total. The van der Waals surface area contributed by atoms with Gasteiger partial charge in [0.15, 0.2) is 0 Å². The topological polar surface area (TPSA) is 29.1 Å². The van der Waals surface area contributed by atoms with Crippen molar-refractivity contribution in [3.63, 3.8) is 0 Å². The first-order valence-corrected chi connectivity index (χ1v) is 6.18. The summed E-state index contributed by atoms with van der Waals surface area (Å²) in [6.45, 7) is 0. The van der Waals surface area contributed by atoms with E-state index in [1.807, 2.05) is 24.3 Å². The van der Waals surface area contributed by atoms with E-state index in [0.717, 1.165) is 29.8 Å². The Balaban J connectivity index is 1.66. The zero-order valence-corrected chi connectivity index (χ0v) is 9.70. The van der Waals surface area contributed by atoms with E-state index >= 15 is 0 Å². The van der Waals surface area contributed by atoms with Crippen LogP contribution in [0.15, 0.2) is 24.3 Å². The summed E-state index contributed by atoms with van der Waals surface area (Å²) in [6.07, 6.45) is 3.24. The minimum atomic E-state index is 0.153. The highest BCUT2D eigenvalue weighted by Gasteiger charge is 2.45. The summed E-state index contributed by atoms with van der Waals surface area (Å²) in [5, 5.41) is 3.84. The highest BCUT2D eigenvalue weighted by atomic mass is 35.5. The number of benzene rings is 1. The number of nitrogens with one attached hydrogen (secondary N) is 1. The zero-order valence-electron chi connectivity index (χ0n) is 8.95. The predicted octanol–water partition coefficient (Wildman–Crippen LogP) is 2.72. The van der Waals surface area contributed by atoms with E-state index in [1.165, 1.54) is 0 Å². The minimum Gasteiger partial charge on any atom is -0.353 e. The van der Waals surface area contributed by atoms with Gasteiger partial charge in [-0.1, -0.05) is 29.8 Å². The molecule has 1 amide bonds. The molecule has 3 heteroatoms. The predicted molar refractivity (Wildman–Crippen MR) is 63.5 cm³/mol. The maximum absolute atomic E-state index is 11.8. The van der Waals surface area contributed by atoms with Crippen LogP contribution < -0.4 is 5.32 Å². The molecule has 1 aromatic rings. The fourth-order valence-electron chi connectivity index (χ4n) is 2.14. The molecule has 0 spiro atoms. The Bertz CT molecular complexity index is 428. The lowest BCUT2D eigenvalue weighted by atomic mass is 10.1. The Hall–Kier alpha value is -1.02. The first-order chi connectivity index (χ1) is 7.75. The number of amides is 1. The van der Waals surface area contributed by atoms with Gasteiger partial charge in [0.25, 0.3) is 0 Å². The number of halogens is 1. The Morgan fingerprint density at radius 2 is 2.06 bits per heavy atom. The van der Waals surface area contributed by atoms with Crippen LogP contribution in [-0.4, -0.2) is 11.9 Å². The summed E-state index contributed by atoms with van der Waals surface area (Å²) in [7, 11) is 0. The van der Waals surface area contributed by atoms with Crippen LogP contribution in [0.1, 0.15) is 30.7 Å². The summed E-state index contributed by atoms with van der Waals surface area (Å²) in [4.78, 5) is 11.8. The molecule has 1 aromatic carbocycles. The molecule has 0 aromatic heterocycles. The second-order valence-electron chi connectivity index (χ2n) is 4.75. The Kier molecular flexibility index (Phi) is 2.40. The maximum atomic E-state index is 11.8. The van der Waals surface area contributed by atoms with Gasteiger partial charge < -0.3 is 5.32 Å². The molecule has 0 radical (unpaired) electrons. The Labute approximate surface area is 100.0 Å². The summed E-state index contributed by atoms with van der Waals surface area (Å²) in [5.41, 5.74) is 1.13. The van der Waals surface area contributed by atoms with Crippen LogP contribution in [0.2, 0.25) is 5.02 Å². The lowest BCUT2D eigenvalue weighted by Gasteiger charge is -2.04. The van der Waals surface area contributed by atoms with Crippen LogP contribution in [0.25, 0.3) is 0 Å². The quantitative estimate of drug-likeness (QED) is 0.858. The smallest absolute Gasteiger partial charge is 0.223 e. The molecule has 16 heavy (non-hydrogen) atoms. The van der Waals surface area contributed by atoms with Crippen molar-refractivity contribution in [3.05, 3.63) is 34.9 Å². The SMILES string of the molecule is O=C(NC1CC1)C1CC1c1ccccc1Cl. The Morgan fingerprint density at radius 3 is 2.75 bits per heavy atom. The van der Waals surface area contributed by atoms with Crippen molar-refractivity contribution in [2.75, 3.05) is 0 Å². The molecule has 2 atom stereocenters. The van der Waals surface area contributed by atoms with E-state index in [-0.39, 0.29) is 11.8 Å². The second-order valence-corrected chi connectivity index (χ2v) is 5.16. The molecule has 2 fully saturated rings. The summed E-state index contributed by atoms with van der Waals surface area (Å²) < 4.78 is 0. The van der Waals surface area contributed by atoms with E-state index in [0.29, 0.717) is 12.0 Å². The highest BCUT2D eigenvalue weighted by molar-refractivity contribution is 6.31. The van der Waals surface area contributed by atoms with Gasteiger partial charge in [0.05, 0.1) is 0 Å². The molecular weight excluding hydrogens is 222 g/mol. The normalized spacial score (nSPS) is 27.6. The lowest BCUT2D eigenvalue weighted by molar-refractivity contribution is -0.122. The molecule has 3 rings (SSSR count).